The maximum atomic E-state index is 11.4. The highest BCUT2D eigenvalue weighted by Crippen LogP contribution is 2.25. The Bertz CT molecular complexity index is 533. The van der Waals surface area contributed by atoms with Gasteiger partial charge in [-0.1, -0.05) is 18.2 Å². The van der Waals surface area contributed by atoms with Crippen LogP contribution in [-0.2, 0) is 4.79 Å². The van der Waals surface area contributed by atoms with Crippen molar-refractivity contribution in [1.29, 1.82) is 0 Å². The Hall–Kier alpha value is -1.46. The quantitative estimate of drug-likeness (QED) is 0.719. The van der Waals surface area contributed by atoms with E-state index in [9.17, 15) is 4.79 Å². The summed E-state index contributed by atoms with van der Waals surface area (Å²) in [5.41, 5.74) is 5.81. The number of likely N-dealkylation sites (N-methyl/N-ethyl adjacent to an activating group) is 1. The number of carbonyl (C=O) groups excluding carboxylic acids is 1. The maximum absolute atomic E-state index is 11.4. The third-order valence-corrected chi connectivity index (χ3v) is 4.37. The van der Waals surface area contributed by atoms with Gasteiger partial charge in [0.15, 0.2) is 0 Å². The first-order valence-electron chi connectivity index (χ1n) is 5.74. The van der Waals surface area contributed by atoms with Crippen molar-refractivity contribution >= 4 is 28.6 Å². The van der Waals surface area contributed by atoms with Gasteiger partial charge in [0.1, 0.15) is 5.54 Å². The second-order valence-electron chi connectivity index (χ2n) is 4.46. The molecule has 1 atom stereocenters. The van der Waals surface area contributed by atoms with Crippen LogP contribution < -0.4 is 11.1 Å². The Kier molecular flexibility index (Phi) is 3.63. The van der Waals surface area contributed by atoms with Crippen molar-refractivity contribution in [2.24, 2.45) is 5.73 Å². The lowest BCUT2D eigenvalue weighted by molar-refractivity contribution is -0.122. The molecule has 0 aliphatic carbocycles. The number of para-hydroxylation sites is 1. The smallest absolute Gasteiger partial charge is 0.238 e. The molecule has 0 aliphatic heterocycles. The molecule has 5 heteroatoms. The molecule has 96 valence electrons. The highest BCUT2D eigenvalue weighted by atomic mass is 32.2. The highest BCUT2D eigenvalue weighted by Gasteiger charge is 2.29. The molecule has 0 aliphatic rings. The molecule has 1 unspecified atom stereocenters. The summed E-state index contributed by atoms with van der Waals surface area (Å²) in [4.78, 5) is 14.7. The first-order valence-corrected chi connectivity index (χ1v) is 6.73. The van der Waals surface area contributed by atoms with Crippen molar-refractivity contribution in [3.8, 4) is 0 Å². The fourth-order valence-electron chi connectivity index (χ4n) is 1.61. The van der Waals surface area contributed by atoms with E-state index < -0.39 is 5.54 Å². The minimum Gasteiger partial charge on any atom is -0.368 e. The van der Waals surface area contributed by atoms with Gasteiger partial charge < -0.3 is 16.0 Å². The van der Waals surface area contributed by atoms with E-state index >= 15 is 0 Å². The average molecular weight is 263 g/mol. The van der Waals surface area contributed by atoms with Gasteiger partial charge in [-0.3, -0.25) is 4.79 Å². The van der Waals surface area contributed by atoms with Gasteiger partial charge in [-0.15, -0.1) is 11.8 Å². The SMILES string of the molecule is CNC(C)(CSc1cc2ccccc2[nH]1)C(N)=O. The van der Waals surface area contributed by atoms with E-state index in [2.05, 4.69) is 22.4 Å². The van der Waals surface area contributed by atoms with Gasteiger partial charge in [-0.25, -0.2) is 0 Å². The molecule has 0 radical (unpaired) electrons. The maximum Gasteiger partial charge on any atom is 0.238 e. The number of hydrogen-bond donors (Lipinski definition) is 3. The number of carbonyl (C=O) groups is 1. The molecule has 0 spiro atoms. The zero-order chi connectivity index (χ0) is 13.2. The summed E-state index contributed by atoms with van der Waals surface area (Å²) in [6.45, 7) is 1.81. The van der Waals surface area contributed by atoms with Gasteiger partial charge in [0.25, 0.3) is 0 Å². The van der Waals surface area contributed by atoms with Crippen molar-refractivity contribution in [3.63, 3.8) is 0 Å². The lowest BCUT2D eigenvalue weighted by atomic mass is 10.1. The first-order chi connectivity index (χ1) is 8.55. The minimum atomic E-state index is -0.692. The molecule has 4 N–H and O–H groups in total. The number of thioether (sulfide) groups is 1. The van der Waals surface area contributed by atoms with Crippen LogP contribution in [-0.4, -0.2) is 29.2 Å². The van der Waals surface area contributed by atoms with Crippen LogP contribution in [0, 0.1) is 0 Å². The van der Waals surface area contributed by atoms with Gasteiger partial charge in [0.2, 0.25) is 5.91 Å². The number of H-pyrrole nitrogens is 1. The van der Waals surface area contributed by atoms with Gasteiger partial charge in [-0.05, 0) is 26.1 Å². The van der Waals surface area contributed by atoms with E-state index in [0.29, 0.717) is 5.75 Å². The molecule has 1 aromatic carbocycles. The lowest BCUT2D eigenvalue weighted by Gasteiger charge is -2.24. The molecule has 18 heavy (non-hydrogen) atoms. The predicted molar refractivity (Wildman–Crippen MR) is 75.7 cm³/mol. The van der Waals surface area contributed by atoms with Gasteiger partial charge in [0.05, 0.1) is 5.03 Å². The number of hydrogen-bond acceptors (Lipinski definition) is 3. The number of benzene rings is 1. The molecule has 1 amide bonds. The van der Waals surface area contributed by atoms with Crippen molar-refractivity contribution in [1.82, 2.24) is 10.3 Å². The van der Waals surface area contributed by atoms with Crippen LogP contribution in [0.15, 0.2) is 35.4 Å². The minimum absolute atomic E-state index is 0.339. The third-order valence-electron chi connectivity index (χ3n) is 3.12. The molecule has 0 saturated heterocycles. The topological polar surface area (TPSA) is 70.9 Å². The molecule has 0 fully saturated rings. The Balaban J connectivity index is 2.12. The summed E-state index contributed by atoms with van der Waals surface area (Å²) < 4.78 is 0. The second-order valence-corrected chi connectivity index (χ2v) is 5.47. The second kappa shape index (κ2) is 5.04. The van der Waals surface area contributed by atoms with Crippen molar-refractivity contribution < 1.29 is 4.79 Å². The van der Waals surface area contributed by atoms with Crippen LogP contribution in [0.25, 0.3) is 10.9 Å². The zero-order valence-electron chi connectivity index (χ0n) is 10.5. The van der Waals surface area contributed by atoms with Crippen LogP contribution in [0.4, 0.5) is 0 Å². The number of fused-ring (bicyclic) bond motifs is 1. The zero-order valence-corrected chi connectivity index (χ0v) is 11.3. The fourth-order valence-corrected chi connectivity index (χ4v) is 2.74. The molecular weight excluding hydrogens is 246 g/mol. The highest BCUT2D eigenvalue weighted by molar-refractivity contribution is 7.99. The first kappa shape index (κ1) is 13.0. The summed E-state index contributed by atoms with van der Waals surface area (Å²) >= 11 is 1.59. The van der Waals surface area contributed by atoms with E-state index in [-0.39, 0.29) is 5.91 Å². The molecule has 0 saturated carbocycles. The molecule has 1 heterocycles. The average Bonchev–Trinajstić information content (AvgIpc) is 2.78. The summed E-state index contributed by atoms with van der Waals surface area (Å²) in [6, 6.07) is 10.2. The normalized spacial score (nSPS) is 14.6. The monoisotopic (exact) mass is 263 g/mol. The van der Waals surface area contributed by atoms with Crippen LogP contribution >= 0.6 is 11.8 Å². The van der Waals surface area contributed by atoms with Crippen LogP contribution in [0.1, 0.15) is 6.92 Å². The Morgan fingerprint density at radius 1 is 1.50 bits per heavy atom. The van der Waals surface area contributed by atoms with Crippen LogP contribution in [0.3, 0.4) is 0 Å². The lowest BCUT2D eigenvalue weighted by Crippen LogP contribution is -2.53. The van der Waals surface area contributed by atoms with Crippen LogP contribution in [0.5, 0.6) is 0 Å². The van der Waals surface area contributed by atoms with Crippen molar-refractivity contribution in [2.75, 3.05) is 12.8 Å². The summed E-state index contributed by atoms with van der Waals surface area (Å²) in [7, 11) is 1.75. The molecule has 2 aromatic rings. The Labute approximate surface area is 110 Å². The number of primary amides is 1. The van der Waals surface area contributed by atoms with E-state index in [1.54, 1.807) is 18.8 Å². The summed E-state index contributed by atoms with van der Waals surface area (Å²) in [5.74, 6) is 0.250. The molecule has 0 bridgehead atoms. The van der Waals surface area contributed by atoms with Crippen LogP contribution in [0.2, 0.25) is 0 Å². The van der Waals surface area contributed by atoms with Gasteiger partial charge >= 0.3 is 0 Å². The Morgan fingerprint density at radius 2 is 2.22 bits per heavy atom. The van der Waals surface area contributed by atoms with Gasteiger partial charge in [0, 0.05) is 16.7 Å². The summed E-state index contributed by atoms with van der Waals surface area (Å²) in [6.07, 6.45) is 0. The number of nitrogens with two attached hydrogens (primary N) is 1. The standard InChI is InChI=1S/C13H17N3OS/c1-13(15-2,12(14)17)8-18-11-7-9-5-3-4-6-10(9)16-11/h3-7,15-16H,8H2,1-2H3,(H2,14,17). The Morgan fingerprint density at radius 3 is 2.83 bits per heavy atom. The van der Waals surface area contributed by atoms with E-state index in [0.717, 1.165) is 10.5 Å². The van der Waals surface area contributed by atoms with Crippen molar-refractivity contribution in [2.45, 2.75) is 17.5 Å². The molecule has 2 rings (SSSR count). The fraction of sp³-hybridized carbons (Fsp3) is 0.308. The molecule has 1 aromatic heterocycles. The number of aromatic amines is 1. The summed E-state index contributed by atoms with van der Waals surface area (Å²) in [5, 5.41) is 5.18. The molecule has 4 nitrogen and oxygen atoms in total. The molecular formula is C13H17N3OS. The van der Waals surface area contributed by atoms with Crippen molar-refractivity contribution in [3.05, 3.63) is 30.3 Å². The number of aromatic nitrogens is 1. The third kappa shape index (κ3) is 2.52. The van der Waals surface area contributed by atoms with E-state index in [1.807, 2.05) is 25.1 Å². The van der Waals surface area contributed by atoms with Gasteiger partial charge in [-0.2, -0.15) is 0 Å². The number of amides is 1. The van der Waals surface area contributed by atoms with E-state index in [1.165, 1.54) is 5.39 Å². The largest absolute Gasteiger partial charge is 0.368 e. The predicted octanol–water partition coefficient (Wildman–Crippen LogP) is 1.72. The number of rotatable bonds is 5. The number of nitrogens with one attached hydrogen (secondary N) is 2. The van der Waals surface area contributed by atoms with E-state index in [4.69, 9.17) is 5.73 Å².